The van der Waals surface area contributed by atoms with E-state index in [1.165, 1.54) is 11.5 Å². The summed E-state index contributed by atoms with van der Waals surface area (Å²) in [6.45, 7) is 2.10. The molecule has 8 heteroatoms. The smallest absolute Gasteiger partial charge is 0.164 e. The summed E-state index contributed by atoms with van der Waals surface area (Å²) in [5.41, 5.74) is 3.53. The number of fused-ring (bicyclic) bond motifs is 3. The van der Waals surface area contributed by atoms with Gasteiger partial charge in [0.2, 0.25) is 0 Å². The van der Waals surface area contributed by atoms with Crippen LogP contribution in [0.15, 0.2) is 48.7 Å². The lowest BCUT2D eigenvalue weighted by atomic mass is 10.0. The second kappa shape index (κ2) is 7.38. The van der Waals surface area contributed by atoms with E-state index in [-0.39, 0.29) is 0 Å². The number of hydrogen-bond donors (Lipinski definition) is 0. The van der Waals surface area contributed by atoms with E-state index in [0.29, 0.717) is 11.5 Å². The maximum absolute atomic E-state index is 5.59. The molecule has 2 aromatic carbocycles. The number of para-hydroxylation sites is 1. The monoisotopic (exact) mass is 417 g/mol. The predicted molar refractivity (Wildman–Crippen MR) is 118 cm³/mol. The predicted octanol–water partition coefficient (Wildman–Crippen LogP) is 4.67. The number of benzene rings is 2. The molecule has 0 aliphatic heterocycles. The van der Waals surface area contributed by atoms with Gasteiger partial charge in [-0.2, -0.15) is 5.10 Å². The highest BCUT2D eigenvalue weighted by molar-refractivity contribution is 7.09. The van der Waals surface area contributed by atoms with E-state index in [1.54, 1.807) is 20.4 Å². The molecule has 3 aromatic heterocycles. The first-order valence-electron chi connectivity index (χ1n) is 9.55. The molecule has 3 heterocycles. The molecule has 0 atom stereocenters. The Morgan fingerprint density at radius 2 is 1.73 bits per heavy atom. The van der Waals surface area contributed by atoms with Crippen molar-refractivity contribution in [3.8, 4) is 27.8 Å². The van der Waals surface area contributed by atoms with E-state index >= 15 is 0 Å². The number of hydrogen-bond acceptors (Lipinski definition) is 7. The Hall–Kier alpha value is -3.52. The van der Waals surface area contributed by atoms with Gasteiger partial charge < -0.3 is 9.47 Å². The molecule has 0 N–H and O–H groups in total. The lowest BCUT2D eigenvalue weighted by Gasteiger charge is -2.12. The topological polar surface area (TPSA) is 75.0 Å². The first kappa shape index (κ1) is 18.5. The second-order valence-electron chi connectivity index (χ2n) is 6.74. The number of aryl methyl sites for hydroxylation is 1. The van der Waals surface area contributed by atoms with E-state index in [1.807, 2.05) is 47.1 Å². The van der Waals surface area contributed by atoms with Crippen LogP contribution in [0.3, 0.4) is 0 Å². The highest BCUT2D eigenvalue weighted by Crippen LogP contribution is 2.41. The van der Waals surface area contributed by atoms with Crippen molar-refractivity contribution in [2.24, 2.45) is 0 Å². The first-order chi connectivity index (χ1) is 14.7. The van der Waals surface area contributed by atoms with Crippen molar-refractivity contribution >= 4 is 33.3 Å². The highest BCUT2D eigenvalue weighted by Gasteiger charge is 2.21. The standard InChI is InChI=1S/C22H19N5O2S/c1-4-16-20-14-10-17(28-2)18(29-3)11-15(14)21(19-12-23-26-30-19)24-22(20)27(25-16)13-8-6-5-7-9-13/h5-12H,4H2,1-3H3. The molecule has 0 saturated heterocycles. The Morgan fingerprint density at radius 1 is 1.00 bits per heavy atom. The molecule has 0 aliphatic carbocycles. The van der Waals surface area contributed by atoms with Gasteiger partial charge in [0.1, 0.15) is 0 Å². The van der Waals surface area contributed by atoms with Crippen LogP contribution in [0.25, 0.3) is 38.1 Å². The summed E-state index contributed by atoms with van der Waals surface area (Å²) >= 11 is 1.31. The van der Waals surface area contributed by atoms with Gasteiger partial charge in [0.25, 0.3) is 0 Å². The lowest BCUT2D eigenvalue weighted by Crippen LogP contribution is -1.99. The van der Waals surface area contributed by atoms with Gasteiger partial charge >= 0.3 is 0 Å². The van der Waals surface area contributed by atoms with Gasteiger partial charge in [-0.15, -0.1) is 5.10 Å². The zero-order valence-corrected chi connectivity index (χ0v) is 17.6. The van der Waals surface area contributed by atoms with Crippen LogP contribution < -0.4 is 9.47 Å². The van der Waals surface area contributed by atoms with Crippen LogP contribution in [0.1, 0.15) is 12.6 Å². The van der Waals surface area contributed by atoms with Crippen LogP contribution in [0.4, 0.5) is 0 Å². The number of methoxy groups -OCH3 is 2. The number of ether oxygens (including phenoxy) is 2. The molecule has 0 radical (unpaired) electrons. The van der Waals surface area contributed by atoms with Crippen LogP contribution >= 0.6 is 11.5 Å². The minimum atomic E-state index is 0.651. The summed E-state index contributed by atoms with van der Waals surface area (Å²) < 4.78 is 17.1. The van der Waals surface area contributed by atoms with Gasteiger partial charge in [0.15, 0.2) is 17.1 Å². The Bertz CT molecular complexity index is 1350. The van der Waals surface area contributed by atoms with Gasteiger partial charge in [-0.25, -0.2) is 9.67 Å². The average molecular weight is 417 g/mol. The SMILES string of the molecule is CCc1nn(-c2ccccc2)c2nc(-c3cnns3)c3cc(OC)c(OC)cc3c12. The second-order valence-corrected chi connectivity index (χ2v) is 7.53. The van der Waals surface area contributed by atoms with Gasteiger partial charge in [-0.3, -0.25) is 0 Å². The third-order valence-corrected chi connectivity index (χ3v) is 5.80. The van der Waals surface area contributed by atoms with Crippen molar-refractivity contribution in [2.75, 3.05) is 14.2 Å². The molecular formula is C22H19N5O2S. The zero-order valence-electron chi connectivity index (χ0n) is 16.8. The third kappa shape index (κ3) is 2.80. The van der Waals surface area contributed by atoms with Crippen LogP contribution in [0.5, 0.6) is 11.5 Å². The van der Waals surface area contributed by atoms with Gasteiger partial charge in [0, 0.05) is 10.8 Å². The minimum absolute atomic E-state index is 0.651. The molecule has 5 rings (SSSR count). The van der Waals surface area contributed by atoms with Crippen LogP contribution in [0, 0.1) is 0 Å². The number of nitrogens with zero attached hydrogens (tertiary/aromatic N) is 5. The zero-order chi connectivity index (χ0) is 20.7. The molecule has 0 amide bonds. The van der Waals surface area contributed by atoms with Gasteiger partial charge in [-0.05, 0) is 42.2 Å². The summed E-state index contributed by atoms with van der Waals surface area (Å²) in [5.74, 6) is 1.32. The van der Waals surface area contributed by atoms with Crippen molar-refractivity contribution in [1.29, 1.82) is 0 Å². The Morgan fingerprint density at radius 3 is 2.37 bits per heavy atom. The number of aromatic nitrogens is 5. The van der Waals surface area contributed by atoms with Crippen molar-refractivity contribution in [2.45, 2.75) is 13.3 Å². The number of pyridine rings is 1. The van der Waals surface area contributed by atoms with Crippen molar-refractivity contribution in [3.63, 3.8) is 0 Å². The first-order valence-corrected chi connectivity index (χ1v) is 10.3. The maximum atomic E-state index is 5.59. The van der Waals surface area contributed by atoms with Crippen LogP contribution in [-0.2, 0) is 6.42 Å². The Labute approximate surface area is 177 Å². The fraction of sp³-hybridized carbons (Fsp3) is 0.182. The molecule has 0 fully saturated rings. The van der Waals surface area contributed by atoms with Crippen LogP contribution in [-0.4, -0.2) is 38.6 Å². The minimum Gasteiger partial charge on any atom is -0.493 e. The van der Waals surface area contributed by atoms with E-state index in [4.69, 9.17) is 19.6 Å². The van der Waals surface area contributed by atoms with Crippen molar-refractivity contribution < 1.29 is 9.47 Å². The van der Waals surface area contributed by atoms with Crippen LogP contribution in [0.2, 0.25) is 0 Å². The molecule has 0 aliphatic rings. The molecule has 0 saturated carbocycles. The summed E-state index contributed by atoms with van der Waals surface area (Å²) in [6, 6.07) is 14.0. The molecule has 0 unspecified atom stereocenters. The van der Waals surface area contributed by atoms with E-state index < -0.39 is 0 Å². The maximum Gasteiger partial charge on any atom is 0.164 e. The largest absolute Gasteiger partial charge is 0.493 e. The summed E-state index contributed by atoms with van der Waals surface area (Å²) in [4.78, 5) is 5.94. The summed E-state index contributed by atoms with van der Waals surface area (Å²) in [6.07, 6.45) is 2.52. The molecule has 0 bridgehead atoms. The molecular weight excluding hydrogens is 398 g/mol. The Balaban J connectivity index is 1.97. The summed E-state index contributed by atoms with van der Waals surface area (Å²) in [7, 11) is 3.28. The Kier molecular flexibility index (Phi) is 4.55. The van der Waals surface area contributed by atoms with Gasteiger partial charge in [0.05, 0.1) is 47.8 Å². The van der Waals surface area contributed by atoms with Crippen molar-refractivity contribution in [3.05, 3.63) is 54.4 Å². The third-order valence-electron chi connectivity index (χ3n) is 5.13. The molecule has 30 heavy (non-hydrogen) atoms. The molecule has 0 spiro atoms. The quantitative estimate of drug-likeness (QED) is 0.414. The van der Waals surface area contributed by atoms with Gasteiger partial charge in [-0.1, -0.05) is 29.6 Å². The van der Waals surface area contributed by atoms with E-state index in [0.717, 1.165) is 50.2 Å². The molecule has 7 nitrogen and oxygen atoms in total. The molecule has 5 aromatic rings. The average Bonchev–Trinajstić information content (AvgIpc) is 3.46. The summed E-state index contributed by atoms with van der Waals surface area (Å²) in [5, 5.41) is 11.9. The number of rotatable bonds is 5. The fourth-order valence-corrected chi connectivity index (χ4v) is 4.25. The van der Waals surface area contributed by atoms with Crippen molar-refractivity contribution in [1.82, 2.24) is 24.4 Å². The highest BCUT2D eigenvalue weighted by atomic mass is 32.1. The fourth-order valence-electron chi connectivity index (χ4n) is 3.74. The lowest BCUT2D eigenvalue weighted by molar-refractivity contribution is 0.356. The normalized spacial score (nSPS) is 11.3. The van der Waals surface area contributed by atoms with E-state index in [2.05, 4.69) is 16.5 Å². The molecule has 150 valence electrons. The van der Waals surface area contributed by atoms with E-state index in [9.17, 15) is 0 Å².